The van der Waals surface area contributed by atoms with Crippen LogP contribution in [0, 0.1) is 0 Å². The van der Waals surface area contributed by atoms with Crippen LogP contribution in [0.4, 0.5) is 0 Å². The molecule has 0 bridgehead atoms. The van der Waals surface area contributed by atoms with Crippen molar-refractivity contribution in [1.82, 2.24) is 20.0 Å². The number of amides is 1. The second kappa shape index (κ2) is 10.3. The maximum Gasteiger partial charge on any atom is 0.227 e. The average molecular weight is 388 g/mol. The lowest BCUT2D eigenvalue weighted by Gasteiger charge is -2.35. The molecule has 0 radical (unpaired) electrons. The van der Waals surface area contributed by atoms with Gasteiger partial charge in [-0.25, -0.2) is 0 Å². The van der Waals surface area contributed by atoms with Gasteiger partial charge in [0.2, 0.25) is 17.6 Å². The largest absolute Gasteiger partial charge is 0.339 e. The van der Waals surface area contributed by atoms with Crippen LogP contribution in [0.25, 0.3) is 11.4 Å². The smallest absolute Gasteiger partial charge is 0.227 e. The molecule has 1 amide bonds. The van der Waals surface area contributed by atoms with Gasteiger partial charge in [0.05, 0.1) is 0 Å². The number of rotatable bonds is 5. The molecule has 9 heteroatoms. The van der Waals surface area contributed by atoms with Crippen LogP contribution in [0.1, 0.15) is 31.6 Å². The molecule has 1 fully saturated rings. The minimum absolute atomic E-state index is 0. The lowest BCUT2D eigenvalue weighted by atomic mass is 10.0. The highest BCUT2D eigenvalue weighted by Crippen LogP contribution is 2.18. The number of aromatic nitrogens is 3. The van der Waals surface area contributed by atoms with Crippen molar-refractivity contribution in [3.8, 4) is 11.4 Å². The van der Waals surface area contributed by atoms with Gasteiger partial charge in [0.25, 0.3) is 0 Å². The van der Waals surface area contributed by atoms with Crippen molar-refractivity contribution in [2.75, 3.05) is 13.1 Å². The highest BCUT2D eigenvalue weighted by molar-refractivity contribution is 5.85. The molecule has 0 spiro atoms. The van der Waals surface area contributed by atoms with Crippen molar-refractivity contribution in [1.29, 1.82) is 0 Å². The zero-order valence-corrected chi connectivity index (χ0v) is 15.5. The fourth-order valence-corrected chi connectivity index (χ4v) is 2.91. The third kappa shape index (κ3) is 5.39. The number of piperidine rings is 1. The summed E-state index contributed by atoms with van der Waals surface area (Å²) in [6.07, 6.45) is 7.37. The topological polar surface area (TPSA) is 98.1 Å². The van der Waals surface area contributed by atoms with Crippen LogP contribution in [0.2, 0.25) is 0 Å². The van der Waals surface area contributed by atoms with E-state index >= 15 is 0 Å². The molecule has 0 aromatic carbocycles. The van der Waals surface area contributed by atoms with Gasteiger partial charge in [-0.3, -0.25) is 9.78 Å². The van der Waals surface area contributed by atoms with Crippen molar-refractivity contribution >= 4 is 30.7 Å². The van der Waals surface area contributed by atoms with Crippen molar-refractivity contribution in [3.05, 3.63) is 30.4 Å². The highest BCUT2D eigenvalue weighted by atomic mass is 35.5. The summed E-state index contributed by atoms with van der Waals surface area (Å²) in [6, 6.07) is 3.81. The predicted molar refractivity (Wildman–Crippen MR) is 98.8 cm³/mol. The SMILES string of the molecule is Cl.Cl.NCC1CCCCN1C(=O)CCc1nc(-c2ccncc2)no1. The van der Waals surface area contributed by atoms with E-state index in [2.05, 4.69) is 15.1 Å². The van der Waals surface area contributed by atoms with E-state index in [9.17, 15) is 4.79 Å². The summed E-state index contributed by atoms with van der Waals surface area (Å²) in [5.41, 5.74) is 6.61. The van der Waals surface area contributed by atoms with Gasteiger partial charge in [-0.05, 0) is 31.4 Å². The Balaban J connectivity index is 0.00000156. The third-order valence-electron chi connectivity index (χ3n) is 4.18. The van der Waals surface area contributed by atoms with Gasteiger partial charge in [0, 0.05) is 49.9 Å². The summed E-state index contributed by atoms with van der Waals surface area (Å²) in [4.78, 5) is 22.6. The lowest BCUT2D eigenvalue weighted by molar-refractivity contribution is -0.134. The fourth-order valence-electron chi connectivity index (χ4n) is 2.91. The van der Waals surface area contributed by atoms with Gasteiger partial charge in [-0.2, -0.15) is 4.98 Å². The summed E-state index contributed by atoms with van der Waals surface area (Å²) in [6.45, 7) is 1.32. The van der Waals surface area contributed by atoms with Gasteiger partial charge >= 0.3 is 0 Å². The molecule has 1 atom stereocenters. The molecule has 2 N–H and O–H groups in total. The van der Waals surface area contributed by atoms with Gasteiger partial charge in [-0.1, -0.05) is 5.16 Å². The normalized spacial score (nSPS) is 16.7. The Kier molecular flexibility index (Phi) is 8.82. The molecule has 2 aromatic heterocycles. The summed E-state index contributed by atoms with van der Waals surface area (Å²) < 4.78 is 5.23. The van der Waals surface area contributed by atoms with E-state index in [1.165, 1.54) is 0 Å². The van der Waals surface area contributed by atoms with Crippen molar-refractivity contribution < 1.29 is 9.32 Å². The number of hydrogen-bond donors (Lipinski definition) is 1. The van der Waals surface area contributed by atoms with E-state index in [0.29, 0.717) is 31.1 Å². The van der Waals surface area contributed by atoms with Crippen LogP contribution in [0.15, 0.2) is 29.0 Å². The minimum atomic E-state index is 0. The van der Waals surface area contributed by atoms with E-state index in [-0.39, 0.29) is 36.8 Å². The molecule has 0 saturated carbocycles. The molecule has 3 rings (SSSR count). The zero-order chi connectivity index (χ0) is 16.1. The first kappa shape index (κ1) is 21.3. The van der Waals surface area contributed by atoms with Gasteiger partial charge < -0.3 is 15.2 Å². The fraction of sp³-hybridized carbons (Fsp3) is 0.500. The van der Waals surface area contributed by atoms with Crippen LogP contribution >= 0.6 is 24.8 Å². The first-order chi connectivity index (χ1) is 11.3. The summed E-state index contributed by atoms with van der Waals surface area (Å²) in [5, 5.41) is 3.95. The second-order valence-corrected chi connectivity index (χ2v) is 5.72. The standard InChI is InChI=1S/C16H21N5O2.2ClH/c17-11-13-3-1-2-10-21(13)15(22)5-4-14-19-16(20-23-14)12-6-8-18-9-7-12;;/h6-9,13H,1-5,10-11,17H2;2*1H. The number of carbonyl (C=O) groups is 1. The molecule has 1 aliphatic rings. The molecular weight excluding hydrogens is 365 g/mol. The number of hydrogen-bond acceptors (Lipinski definition) is 6. The van der Waals surface area contributed by atoms with E-state index in [4.69, 9.17) is 10.3 Å². The summed E-state index contributed by atoms with van der Waals surface area (Å²) >= 11 is 0. The number of nitrogens with two attached hydrogens (primary N) is 1. The highest BCUT2D eigenvalue weighted by Gasteiger charge is 2.25. The molecule has 7 nitrogen and oxygen atoms in total. The number of carbonyl (C=O) groups excluding carboxylic acids is 1. The molecule has 138 valence electrons. The van der Waals surface area contributed by atoms with Crippen LogP contribution in [0.3, 0.4) is 0 Å². The van der Waals surface area contributed by atoms with E-state index in [0.717, 1.165) is 31.4 Å². The van der Waals surface area contributed by atoms with Crippen LogP contribution in [0.5, 0.6) is 0 Å². The number of halogens is 2. The monoisotopic (exact) mass is 387 g/mol. The van der Waals surface area contributed by atoms with Gasteiger partial charge in [0.1, 0.15) is 0 Å². The third-order valence-corrected chi connectivity index (χ3v) is 4.18. The molecule has 1 unspecified atom stereocenters. The van der Waals surface area contributed by atoms with Crippen LogP contribution in [-0.4, -0.2) is 45.1 Å². The number of nitrogens with zero attached hydrogens (tertiary/aromatic N) is 4. The summed E-state index contributed by atoms with van der Waals surface area (Å²) in [7, 11) is 0. The number of pyridine rings is 1. The average Bonchev–Trinajstić information content (AvgIpc) is 3.09. The number of likely N-dealkylation sites (tertiary alicyclic amines) is 1. The van der Waals surface area contributed by atoms with Crippen molar-refractivity contribution in [3.63, 3.8) is 0 Å². The van der Waals surface area contributed by atoms with E-state index in [1.807, 2.05) is 17.0 Å². The van der Waals surface area contributed by atoms with Crippen LogP contribution in [-0.2, 0) is 11.2 Å². The van der Waals surface area contributed by atoms with Gasteiger partial charge in [-0.15, -0.1) is 24.8 Å². The van der Waals surface area contributed by atoms with Crippen LogP contribution < -0.4 is 5.73 Å². The first-order valence-electron chi connectivity index (χ1n) is 8.00. The molecule has 25 heavy (non-hydrogen) atoms. The molecule has 1 saturated heterocycles. The van der Waals surface area contributed by atoms with Crippen molar-refractivity contribution in [2.24, 2.45) is 5.73 Å². The Morgan fingerprint density at radius 3 is 2.76 bits per heavy atom. The lowest BCUT2D eigenvalue weighted by Crippen LogP contribution is -2.47. The van der Waals surface area contributed by atoms with Crippen molar-refractivity contribution in [2.45, 2.75) is 38.1 Å². The molecule has 2 aromatic rings. The Hall–Kier alpha value is -1.70. The Morgan fingerprint density at radius 1 is 1.28 bits per heavy atom. The van der Waals surface area contributed by atoms with Gasteiger partial charge in [0.15, 0.2) is 0 Å². The van der Waals surface area contributed by atoms with E-state index in [1.54, 1.807) is 12.4 Å². The molecule has 3 heterocycles. The molecule has 1 aliphatic heterocycles. The summed E-state index contributed by atoms with van der Waals surface area (Å²) in [5.74, 6) is 1.11. The Labute approximate surface area is 159 Å². The maximum absolute atomic E-state index is 12.4. The predicted octanol–water partition coefficient (Wildman–Crippen LogP) is 2.25. The molecular formula is C16H23Cl2N5O2. The Bertz CT molecular complexity index is 653. The second-order valence-electron chi connectivity index (χ2n) is 5.72. The Morgan fingerprint density at radius 2 is 2.04 bits per heavy atom. The number of aryl methyl sites for hydroxylation is 1. The molecule has 0 aliphatic carbocycles. The quantitative estimate of drug-likeness (QED) is 0.844. The first-order valence-corrected chi connectivity index (χ1v) is 8.00. The zero-order valence-electron chi connectivity index (χ0n) is 13.8. The maximum atomic E-state index is 12.4. The van der Waals surface area contributed by atoms with E-state index < -0.39 is 0 Å². The minimum Gasteiger partial charge on any atom is -0.339 e.